The van der Waals surface area contributed by atoms with Crippen LogP contribution in [0, 0.1) is 0 Å². The fourth-order valence-corrected chi connectivity index (χ4v) is 4.18. The lowest BCUT2D eigenvalue weighted by Crippen LogP contribution is -2.42. The van der Waals surface area contributed by atoms with Crippen LogP contribution in [-0.4, -0.2) is 51.3 Å². The number of hydrogen-bond acceptors (Lipinski definition) is 8. The molecule has 2 N–H and O–H groups in total. The number of carbonyl (C=O) groups excluding carboxylic acids is 3. The first-order valence-electron chi connectivity index (χ1n) is 9.51. The summed E-state index contributed by atoms with van der Waals surface area (Å²) in [6, 6.07) is 9.64. The van der Waals surface area contributed by atoms with Crippen LogP contribution in [0.15, 0.2) is 36.4 Å². The minimum absolute atomic E-state index is 0.404. The molecule has 11 heteroatoms. The SMILES string of the molecule is C[C@]1(c2ccc3c(c2)OCCO3)NC(=O)N(CC(=O)Nc2cccc3nsnc23)C1=O. The van der Waals surface area contributed by atoms with Gasteiger partial charge in [0.2, 0.25) is 5.91 Å². The predicted molar refractivity (Wildman–Crippen MR) is 111 cm³/mol. The van der Waals surface area contributed by atoms with Crippen molar-refractivity contribution >= 4 is 46.3 Å². The average molecular weight is 439 g/mol. The van der Waals surface area contributed by atoms with Gasteiger partial charge in [0.1, 0.15) is 36.3 Å². The number of ether oxygens (including phenoxy) is 2. The number of aromatic nitrogens is 2. The number of nitrogens with one attached hydrogen (secondary N) is 2. The summed E-state index contributed by atoms with van der Waals surface area (Å²) in [6.45, 7) is 2.02. The molecular formula is C20H17N5O5S. The first-order chi connectivity index (χ1) is 15.0. The molecule has 158 valence electrons. The van der Waals surface area contributed by atoms with E-state index in [1.54, 1.807) is 43.3 Å². The van der Waals surface area contributed by atoms with Crippen molar-refractivity contribution in [3.63, 3.8) is 0 Å². The largest absolute Gasteiger partial charge is 0.486 e. The molecule has 1 aromatic heterocycles. The highest BCUT2D eigenvalue weighted by molar-refractivity contribution is 7.00. The molecule has 1 saturated heterocycles. The molecule has 4 amide bonds. The smallest absolute Gasteiger partial charge is 0.325 e. The zero-order valence-electron chi connectivity index (χ0n) is 16.4. The van der Waals surface area contributed by atoms with Crippen LogP contribution in [0.1, 0.15) is 12.5 Å². The Morgan fingerprint density at radius 2 is 2.00 bits per heavy atom. The van der Waals surface area contributed by atoms with Crippen molar-refractivity contribution < 1.29 is 23.9 Å². The van der Waals surface area contributed by atoms with Gasteiger partial charge in [-0.3, -0.25) is 14.5 Å². The molecule has 3 aromatic rings. The van der Waals surface area contributed by atoms with Gasteiger partial charge in [-0.05, 0) is 36.8 Å². The van der Waals surface area contributed by atoms with Gasteiger partial charge < -0.3 is 20.1 Å². The normalized spacial score (nSPS) is 20.1. The summed E-state index contributed by atoms with van der Waals surface area (Å²) in [5.41, 5.74) is 0.892. The van der Waals surface area contributed by atoms with E-state index in [1.807, 2.05) is 0 Å². The molecule has 0 saturated carbocycles. The molecule has 0 bridgehead atoms. The van der Waals surface area contributed by atoms with Crippen LogP contribution >= 0.6 is 11.7 Å². The molecule has 0 radical (unpaired) electrons. The second-order valence-corrected chi connectivity index (χ2v) is 7.82. The molecule has 0 aliphatic carbocycles. The van der Waals surface area contributed by atoms with Gasteiger partial charge >= 0.3 is 6.03 Å². The highest BCUT2D eigenvalue weighted by atomic mass is 32.1. The topological polar surface area (TPSA) is 123 Å². The van der Waals surface area contributed by atoms with E-state index in [1.165, 1.54) is 0 Å². The van der Waals surface area contributed by atoms with E-state index in [4.69, 9.17) is 9.47 Å². The Bertz CT molecular complexity index is 1230. The summed E-state index contributed by atoms with van der Waals surface area (Å²) in [5, 5.41) is 5.39. The van der Waals surface area contributed by atoms with Crippen LogP contribution in [0.25, 0.3) is 11.0 Å². The summed E-state index contributed by atoms with van der Waals surface area (Å²) < 4.78 is 19.4. The van der Waals surface area contributed by atoms with Crippen LogP contribution in [0.3, 0.4) is 0 Å². The number of hydrogen-bond donors (Lipinski definition) is 2. The van der Waals surface area contributed by atoms with E-state index in [9.17, 15) is 14.4 Å². The van der Waals surface area contributed by atoms with Gasteiger partial charge in [0, 0.05) is 0 Å². The number of urea groups is 1. The van der Waals surface area contributed by atoms with E-state index >= 15 is 0 Å². The van der Waals surface area contributed by atoms with E-state index in [0.29, 0.717) is 47.0 Å². The van der Waals surface area contributed by atoms with Gasteiger partial charge in [0.15, 0.2) is 11.5 Å². The fraction of sp³-hybridized carbons (Fsp3) is 0.250. The Kier molecular flexibility index (Phi) is 4.47. The lowest BCUT2D eigenvalue weighted by Gasteiger charge is -2.25. The zero-order chi connectivity index (χ0) is 21.6. The van der Waals surface area contributed by atoms with Crippen molar-refractivity contribution in [2.24, 2.45) is 0 Å². The van der Waals surface area contributed by atoms with Crippen molar-refractivity contribution in [2.45, 2.75) is 12.5 Å². The number of nitrogens with zero attached hydrogens (tertiary/aromatic N) is 3. The zero-order valence-corrected chi connectivity index (χ0v) is 17.2. The molecular weight excluding hydrogens is 422 g/mol. The fourth-order valence-electron chi connectivity index (χ4n) is 3.63. The van der Waals surface area contributed by atoms with Crippen LogP contribution in [0.5, 0.6) is 11.5 Å². The van der Waals surface area contributed by atoms with Crippen LogP contribution < -0.4 is 20.1 Å². The molecule has 2 aromatic carbocycles. The third kappa shape index (κ3) is 3.22. The van der Waals surface area contributed by atoms with Gasteiger partial charge in [-0.25, -0.2) is 4.79 Å². The number of anilines is 1. The van der Waals surface area contributed by atoms with Gasteiger partial charge in [0.05, 0.1) is 17.4 Å². The average Bonchev–Trinajstić information content (AvgIpc) is 3.33. The Morgan fingerprint density at radius 1 is 1.19 bits per heavy atom. The third-order valence-electron chi connectivity index (χ3n) is 5.26. The maximum absolute atomic E-state index is 13.1. The number of imide groups is 1. The first kappa shape index (κ1) is 19.2. The van der Waals surface area contributed by atoms with Gasteiger partial charge in [0.25, 0.3) is 5.91 Å². The summed E-state index contributed by atoms with van der Waals surface area (Å²) in [6.07, 6.45) is 0. The summed E-state index contributed by atoms with van der Waals surface area (Å²) in [4.78, 5) is 39.2. The molecule has 0 spiro atoms. The highest BCUT2D eigenvalue weighted by Gasteiger charge is 2.49. The van der Waals surface area contributed by atoms with Crippen molar-refractivity contribution in [1.29, 1.82) is 0 Å². The van der Waals surface area contributed by atoms with Crippen LogP contribution in [0.2, 0.25) is 0 Å². The number of benzene rings is 2. The molecule has 2 aliphatic rings. The van der Waals surface area contributed by atoms with Crippen LogP contribution in [0.4, 0.5) is 10.5 Å². The third-order valence-corrected chi connectivity index (χ3v) is 5.80. The Hall–Kier alpha value is -3.73. The molecule has 10 nitrogen and oxygen atoms in total. The predicted octanol–water partition coefficient (Wildman–Crippen LogP) is 1.87. The Morgan fingerprint density at radius 3 is 2.84 bits per heavy atom. The van der Waals surface area contributed by atoms with Gasteiger partial charge in [-0.15, -0.1) is 0 Å². The lowest BCUT2D eigenvalue weighted by molar-refractivity contribution is -0.133. The summed E-state index contributed by atoms with van der Waals surface area (Å²) in [7, 11) is 0. The minimum Gasteiger partial charge on any atom is -0.486 e. The van der Waals surface area contributed by atoms with Crippen molar-refractivity contribution in [3.05, 3.63) is 42.0 Å². The Balaban J connectivity index is 1.35. The number of amides is 4. The molecule has 2 aliphatic heterocycles. The maximum Gasteiger partial charge on any atom is 0.325 e. The molecule has 31 heavy (non-hydrogen) atoms. The van der Waals surface area contributed by atoms with Crippen molar-refractivity contribution in [3.8, 4) is 11.5 Å². The standard InChI is InChI=1S/C20H17N5O5S/c1-20(11-5-6-14-15(9-11)30-8-7-29-14)18(27)25(19(28)22-20)10-16(26)21-12-3-2-4-13-17(12)24-31-23-13/h2-6,9H,7-8,10H2,1H3,(H,21,26)(H,22,28)/t20-/m1/s1. The first-order valence-corrected chi connectivity index (χ1v) is 10.2. The molecule has 0 unspecified atom stereocenters. The van der Waals surface area contributed by atoms with E-state index in [-0.39, 0.29) is 0 Å². The van der Waals surface area contributed by atoms with E-state index < -0.39 is 29.9 Å². The summed E-state index contributed by atoms with van der Waals surface area (Å²) >= 11 is 1.04. The quantitative estimate of drug-likeness (QED) is 0.595. The Labute approximate surface area is 180 Å². The number of carbonyl (C=O) groups is 3. The van der Waals surface area contributed by atoms with Crippen molar-refractivity contribution in [2.75, 3.05) is 25.1 Å². The molecule has 5 rings (SSSR count). The summed E-state index contributed by atoms with van der Waals surface area (Å²) in [5.74, 6) is 0.0405. The van der Waals surface area contributed by atoms with E-state index in [2.05, 4.69) is 19.4 Å². The maximum atomic E-state index is 13.1. The minimum atomic E-state index is -1.33. The second kappa shape index (κ2) is 7.20. The van der Waals surface area contributed by atoms with Gasteiger partial charge in [-0.2, -0.15) is 8.75 Å². The second-order valence-electron chi connectivity index (χ2n) is 7.29. The van der Waals surface area contributed by atoms with Gasteiger partial charge in [-0.1, -0.05) is 12.1 Å². The van der Waals surface area contributed by atoms with Crippen molar-refractivity contribution in [1.82, 2.24) is 19.0 Å². The molecule has 1 atom stereocenters. The lowest BCUT2D eigenvalue weighted by atomic mass is 9.91. The number of fused-ring (bicyclic) bond motifs is 2. The number of rotatable bonds is 4. The highest BCUT2D eigenvalue weighted by Crippen LogP contribution is 2.36. The van der Waals surface area contributed by atoms with Crippen LogP contribution in [-0.2, 0) is 15.1 Å². The van der Waals surface area contributed by atoms with E-state index in [0.717, 1.165) is 16.6 Å². The molecule has 1 fully saturated rings. The monoisotopic (exact) mass is 439 g/mol. The molecule has 3 heterocycles.